The SMILES string of the molecule is CCN(CC)C(=O)CCNC1CCNCc2ccccc21. The largest absolute Gasteiger partial charge is 0.343 e. The van der Waals surface area contributed by atoms with Crippen molar-refractivity contribution in [3.63, 3.8) is 0 Å². The highest BCUT2D eigenvalue weighted by molar-refractivity contribution is 5.76. The van der Waals surface area contributed by atoms with Crippen molar-refractivity contribution >= 4 is 5.91 Å². The number of nitrogens with zero attached hydrogens (tertiary/aromatic N) is 1. The third-order valence-corrected chi connectivity index (χ3v) is 4.20. The number of benzene rings is 1. The normalized spacial score (nSPS) is 17.9. The average Bonchev–Trinajstić information content (AvgIpc) is 2.71. The summed E-state index contributed by atoms with van der Waals surface area (Å²) in [5.74, 6) is 0.243. The molecule has 1 aliphatic heterocycles. The Morgan fingerprint density at radius 2 is 2.10 bits per heavy atom. The van der Waals surface area contributed by atoms with Crippen molar-refractivity contribution in [1.82, 2.24) is 15.5 Å². The molecule has 4 nitrogen and oxygen atoms in total. The van der Waals surface area contributed by atoms with Gasteiger partial charge in [0, 0.05) is 38.6 Å². The summed E-state index contributed by atoms with van der Waals surface area (Å²) in [6.45, 7) is 8.35. The fraction of sp³-hybridized carbons (Fsp3) is 0.588. The molecule has 0 spiro atoms. The molecule has 2 rings (SSSR count). The second-order valence-corrected chi connectivity index (χ2v) is 5.49. The second-order valence-electron chi connectivity index (χ2n) is 5.49. The van der Waals surface area contributed by atoms with E-state index < -0.39 is 0 Å². The molecular weight excluding hydrogens is 262 g/mol. The zero-order valence-corrected chi connectivity index (χ0v) is 13.2. The first-order valence-electron chi connectivity index (χ1n) is 8.06. The summed E-state index contributed by atoms with van der Waals surface area (Å²) in [6.07, 6.45) is 1.64. The topological polar surface area (TPSA) is 44.4 Å². The van der Waals surface area contributed by atoms with E-state index >= 15 is 0 Å². The van der Waals surface area contributed by atoms with E-state index in [1.54, 1.807) is 0 Å². The van der Waals surface area contributed by atoms with Crippen molar-refractivity contribution < 1.29 is 4.79 Å². The van der Waals surface area contributed by atoms with Crippen LogP contribution in [0, 0.1) is 0 Å². The number of rotatable bonds is 6. The third-order valence-electron chi connectivity index (χ3n) is 4.20. The van der Waals surface area contributed by atoms with Gasteiger partial charge in [0.15, 0.2) is 0 Å². The average molecular weight is 289 g/mol. The predicted octanol–water partition coefficient (Wildman–Crippen LogP) is 2.07. The Labute approximate surface area is 127 Å². The summed E-state index contributed by atoms with van der Waals surface area (Å²) >= 11 is 0. The van der Waals surface area contributed by atoms with Crippen LogP contribution in [0.3, 0.4) is 0 Å². The predicted molar refractivity (Wildman–Crippen MR) is 86.1 cm³/mol. The minimum absolute atomic E-state index is 0.243. The van der Waals surface area contributed by atoms with Crippen LogP contribution in [0.15, 0.2) is 24.3 Å². The van der Waals surface area contributed by atoms with Gasteiger partial charge in [-0.3, -0.25) is 4.79 Å². The van der Waals surface area contributed by atoms with Crippen LogP contribution in [-0.4, -0.2) is 37.0 Å². The summed E-state index contributed by atoms with van der Waals surface area (Å²) in [7, 11) is 0. The van der Waals surface area contributed by atoms with Crippen LogP contribution >= 0.6 is 0 Å². The van der Waals surface area contributed by atoms with Gasteiger partial charge in [-0.05, 0) is 37.9 Å². The highest BCUT2D eigenvalue weighted by atomic mass is 16.2. The highest BCUT2D eigenvalue weighted by Crippen LogP contribution is 2.23. The van der Waals surface area contributed by atoms with Crippen molar-refractivity contribution in [1.29, 1.82) is 0 Å². The number of nitrogens with one attached hydrogen (secondary N) is 2. The van der Waals surface area contributed by atoms with Crippen molar-refractivity contribution in [2.45, 2.75) is 39.3 Å². The Hall–Kier alpha value is -1.39. The van der Waals surface area contributed by atoms with Crippen molar-refractivity contribution in [2.24, 2.45) is 0 Å². The molecule has 2 N–H and O–H groups in total. The molecule has 1 aromatic carbocycles. The minimum atomic E-state index is 0.243. The lowest BCUT2D eigenvalue weighted by molar-refractivity contribution is -0.130. The zero-order chi connectivity index (χ0) is 15.1. The molecule has 0 radical (unpaired) electrons. The van der Waals surface area contributed by atoms with Crippen LogP contribution in [0.5, 0.6) is 0 Å². The van der Waals surface area contributed by atoms with Gasteiger partial charge in [-0.2, -0.15) is 0 Å². The molecule has 0 fully saturated rings. The van der Waals surface area contributed by atoms with Crippen LogP contribution < -0.4 is 10.6 Å². The lowest BCUT2D eigenvalue weighted by Crippen LogP contribution is -2.34. The van der Waals surface area contributed by atoms with Gasteiger partial charge in [-0.1, -0.05) is 24.3 Å². The lowest BCUT2D eigenvalue weighted by Gasteiger charge is -2.21. The monoisotopic (exact) mass is 289 g/mol. The fourth-order valence-corrected chi connectivity index (χ4v) is 2.96. The van der Waals surface area contributed by atoms with E-state index in [-0.39, 0.29) is 5.91 Å². The Morgan fingerprint density at radius 1 is 1.33 bits per heavy atom. The Morgan fingerprint density at radius 3 is 2.86 bits per heavy atom. The number of carbonyl (C=O) groups is 1. The highest BCUT2D eigenvalue weighted by Gasteiger charge is 2.18. The molecule has 0 aromatic heterocycles. The molecule has 0 saturated heterocycles. The molecule has 1 unspecified atom stereocenters. The number of fused-ring (bicyclic) bond motifs is 1. The Kier molecular flexibility index (Phi) is 6.21. The van der Waals surface area contributed by atoms with Crippen LogP contribution in [-0.2, 0) is 11.3 Å². The summed E-state index contributed by atoms with van der Waals surface area (Å²) in [5, 5.41) is 7.02. The molecule has 0 bridgehead atoms. The first kappa shape index (κ1) is 16.0. The standard InChI is InChI=1S/C17H27N3O/c1-3-20(4-2)17(21)10-12-19-16-9-11-18-13-14-7-5-6-8-15(14)16/h5-8,16,18-19H,3-4,9-13H2,1-2H3. The van der Waals surface area contributed by atoms with E-state index in [1.807, 2.05) is 18.7 Å². The molecule has 21 heavy (non-hydrogen) atoms. The lowest BCUT2D eigenvalue weighted by atomic mass is 9.99. The van der Waals surface area contributed by atoms with Crippen LogP contribution in [0.25, 0.3) is 0 Å². The Balaban J connectivity index is 1.90. The quantitative estimate of drug-likeness (QED) is 0.842. The van der Waals surface area contributed by atoms with E-state index in [1.165, 1.54) is 11.1 Å². The summed E-state index contributed by atoms with van der Waals surface area (Å²) in [4.78, 5) is 13.9. The molecule has 1 heterocycles. The Bertz CT molecular complexity index is 457. The van der Waals surface area contributed by atoms with E-state index in [4.69, 9.17) is 0 Å². The zero-order valence-electron chi connectivity index (χ0n) is 13.2. The minimum Gasteiger partial charge on any atom is -0.343 e. The summed E-state index contributed by atoms with van der Waals surface area (Å²) in [5.41, 5.74) is 2.74. The number of carbonyl (C=O) groups excluding carboxylic acids is 1. The van der Waals surface area contributed by atoms with E-state index in [0.717, 1.165) is 39.1 Å². The van der Waals surface area contributed by atoms with Gasteiger partial charge in [-0.15, -0.1) is 0 Å². The first-order valence-corrected chi connectivity index (χ1v) is 8.06. The van der Waals surface area contributed by atoms with E-state index in [0.29, 0.717) is 12.5 Å². The van der Waals surface area contributed by atoms with Crippen molar-refractivity contribution in [2.75, 3.05) is 26.2 Å². The molecule has 1 atom stereocenters. The first-order chi connectivity index (χ1) is 10.3. The molecule has 0 saturated carbocycles. The van der Waals surface area contributed by atoms with Gasteiger partial charge in [0.1, 0.15) is 0 Å². The van der Waals surface area contributed by atoms with Crippen LogP contribution in [0.4, 0.5) is 0 Å². The molecule has 1 amide bonds. The molecular formula is C17H27N3O. The number of amides is 1. The smallest absolute Gasteiger partial charge is 0.223 e. The van der Waals surface area contributed by atoms with Gasteiger partial charge >= 0.3 is 0 Å². The maximum Gasteiger partial charge on any atom is 0.223 e. The van der Waals surface area contributed by atoms with Crippen molar-refractivity contribution in [3.05, 3.63) is 35.4 Å². The maximum atomic E-state index is 12.0. The van der Waals surface area contributed by atoms with Crippen molar-refractivity contribution in [3.8, 4) is 0 Å². The van der Waals surface area contributed by atoms with Gasteiger partial charge in [0.25, 0.3) is 0 Å². The van der Waals surface area contributed by atoms with Crippen LogP contribution in [0.1, 0.15) is 43.9 Å². The fourth-order valence-electron chi connectivity index (χ4n) is 2.96. The molecule has 116 valence electrons. The molecule has 1 aromatic rings. The third kappa shape index (κ3) is 4.29. The van der Waals surface area contributed by atoms with Crippen LogP contribution in [0.2, 0.25) is 0 Å². The summed E-state index contributed by atoms with van der Waals surface area (Å²) in [6, 6.07) is 8.92. The number of hydrogen-bond donors (Lipinski definition) is 2. The van der Waals surface area contributed by atoms with Gasteiger partial charge in [0.2, 0.25) is 5.91 Å². The van der Waals surface area contributed by atoms with E-state index in [2.05, 4.69) is 34.9 Å². The van der Waals surface area contributed by atoms with E-state index in [9.17, 15) is 4.79 Å². The number of hydrogen-bond acceptors (Lipinski definition) is 3. The second kappa shape index (κ2) is 8.15. The van der Waals surface area contributed by atoms with Gasteiger partial charge < -0.3 is 15.5 Å². The van der Waals surface area contributed by atoms with Gasteiger partial charge in [0.05, 0.1) is 0 Å². The molecule has 0 aliphatic carbocycles. The molecule has 1 aliphatic rings. The molecule has 4 heteroatoms. The maximum absolute atomic E-state index is 12.0. The summed E-state index contributed by atoms with van der Waals surface area (Å²) < 4.78 is 0. The van der Waals surface area contributed by atoms with Gasteiger partial charge in [-0.25, -0.2) is 0 Å².